The van der Waals surface area contributed by atoms with Crippen molar-refractivity contribution in [1.82, 2.24) is 0 Å². The monoisotopic (exact) mass is 382 g/mol. The molecular weight excluding hydrogens is 368 g/mol. The third-order valence-corrected chi connectivity index (χ3v) is 3.76. The van der Waals surface area contributed by atoms with Crippen LogP contribution in [-0.2, 0) is 0 Å². The third kappa shape index (κ3) is 4.39. The number of anilines is 1. The number of rotatable bonds is 6. The van der Waals surface area contributed by atoms with Crippen molar-refractivity contribution >= 4 is 39.4 Å². The lowest BCUT2D eigenvalue weighted by Crippen LogP contribution is -1.98. The Labute approximate surface area is 143 Å². The standard InChI is InChI=1S/C16H16BrClN2O2/c1-3-22-16-9-14(17)11(8-15(16)21-2)10-19-20-13-6-4-12(18)5-7-13/h4-10,20H,3H2,1-2H3/b19-10-. The summed E-state index contributed by atoms with van der Waals surface area (Å²) in [5.41, 5.74) is 4.68. The predicted molar refractivity (Wildman–Crippen MR) is 94.5 cm³/mol. The number of halogens is 2. The van der Waals surface area contributed by atoms with Gasteiger partial charge in [-0.2, -0.15) is 5.10 Å². The van der Waals surface area contributed by atoms with E-state index in [1.54, 1.807) is 25.5 Å². The number of benzene rings is 2. The van der Waals surface area contributed by atoms with E-state index in [0.29, 0.717) is 23.1 Å². The minimum Gasteiger partial charge on any atom is -0.493 e. The first kappa shape index (κ1) is 16.6. The summed E-state index contributed by atoms with van der Waals surface area (Å²) < 4.78 is 11.7. The van der Waals surface area contributed by atoms with E-state index in [2.05, 4.69) is 26.5 Å². The van der Waals surface area contributed by atoms with Gasteiger partial charge in [-0.15, -0.1) is 0 Å². The molecule has 2 aromatic carbocycles. The highest BCUT2D eigenvalue weighted by atomic mass is 79.9. The van der Waals surface area contributed by atoms with Gasteiger partial charge in [-0.25, -0.2) is 0 Å². The maximum absolute atomic E-state index is 5.84. The lowest BCUT2D eigenvalue weighted by Gasteiger charge is -2.11. The van der Waals surface area contributed by atoms with Gasteiger partial charge in [0.1, 0.15) is 0 Å². The Morgan fingerprint density at radius 2 is 1.95 bits per heavy atom. The summed E-state index contributed by atoms with van der Waals surface area (Å²) in [6.07, 6.45) is 1.71. The molecule has 0 saturated carbocycles. The van der Waals surface area contributed by atoms with Gasteiger partial charge in [0.15, 0.2) is 11.5 Å². The second-order valence-corrected chi connectivity index (χ2v) is 5.63. The zero-order chi connectivity index (χ0) is 15.9. The van der Waals surface area contributed by atoms with Crippen LogP contribution in [0.3, 0.4) is 0 Å². The quantitative estimate of drug-likeness (QED) is 0.566. The van der Waals surface area contributed by atoms with Crippen LogP contribution in [0.1, 0.15) is 12.5 Å². The molecule has 0 aliphatic carbocycles. The van der Waals surface area contributed by atoms with Gasteiger partial charge >= 0.3 is 0 Å². The molecule has 1 N–H and O–H groups in total. The number of methoxy groups -OCH3 is 1. The van der Waals surface area contributed by atoms with Crippen LogP contribution < -0.4 is 14.9 Å². The van der Waals surface area contributed by atoms with Gasteiger partial charge in [-0.3, -0.25) is 5.43 Å². The Morgan fingerprint density at radius 1 is 1.23 bits per heavy atom. The van der Waals surface area contributed by atoms with Crippen molar-refractivity contribution < 1.29 is 9.47 Å². The number of nitrogens with zero attached hydrogens (tertiary/aromatic N) is 1. The fourth-order valence-corrected chi connectivity index (χ4v) is 2.33. The van der Waals surface area contributed by atoms with Crippen LogP contribution >= 0.6 is 27.5 Å². The zero-order valence-electron chi connectivity index (χ0n) is 12.3. The topological polar surface area (TPSA) is 42.8 Å². The molecule has 22 heavy (non-hydrogen) atoms. The average Bonchev–Trinajstić information content (AvgIpc) is 2.51. The molecule has 0 aliphatic rings. The molecule has 0 unspecified atom stereocenters. The molecule has 0 saturated heterocycles. The van der Waals surface area contributed by atoms with Crippen LogP contribution in [0.15, 0.2) is 46.0 Å². The van der Waals surface area contributed by atoms with E-state index in [0.717, 1.165) is 15.7 Å². The summed E-state index contributed by atoms with van der Waals surface area (Å²) in [5, 5.41) is 4.90. The summed E-state index contributed by atoms with van der Waals surface area (Å²) in [5.74, 6) is 1.36. The molecule has 0 amide bonds. The summed E-state index contributed by atoms with van der Waals surface area (Å²) >= 11 is 9.34. The predicted octanol–water partition coefficient (Wildman–Crippen LogP) is 4.96. The number of nitrogens with one attached hydrogen (secondary N) is 1. The van der Waals surface area contributed by atoms with E-state index in [1.165, 1.54) is 0 Å². The van der Waals surface area contributed by atoms with Crippen molar-refractivity contribution in [2.75, 3.05) is 19.1 Å². The van der Waals surface area contributed by atoms with Gasteiger partial charge in [0.05, 0.1) is 25.6 Å². The number of ether oxygens (including phenoxy) is 2. The van der Waals surface area contributed by atoms with Gasteiger partial charge in [-0.05, 0) is 59.3 Å². The Kier molecular flexibility index (Phi) is 6.10. The largest absolute Gasteiger partial charge is 0.493 e. The lowest BCUT2D eigenvalue weighted by molar-refractivity contribution is 0.310. The zero-order valence-corrected chi connectivity index (χ0v) is 14.6. The van der Waals surface area contributed by atoms with Crippen molar-refractivity contribution in [3.05, 3.63) is 51.5 Å². The van der Waals surface area contributed by atoms with E-state index >= 15 is 0 Å². The van der Waals surface area contributed by atoms with Gasteiger partial charge in [0.2, 0.25) is 0 Å². The molecule has 2 aromatic rings. The van der Waals surface area contributed by atoms with Gasteiger partial charge in [-0.1, -0.05) is 11.6 Å². The number of hydrazone groups is 1. The Morgan fingerprint density at radius 3 is 2.59 bits per heavy atom. The van der Waals surface area contributed by atoms with Crippen LogP contribution in [0, 0.1) is 0 Å². The second-order valence-electron chi connectivity index (χ2n) is 4.33. The van der Waals surface area contributed by atoms with Crippen molar-refractivity contribution in [1.29, 1.82) is 0 Å². The highest BCUT2D eigenvalue weighted by Gasteiger charge is 2.08. The molecule has 2 rings (SSSR count). The Hall–Kier alpha value is -1.72. The fraction of sp³-hybridized carbons (Fsp3) is 0.188. The van der Waals surface area contributed by atoms with Crippen molar-refractivity contribution in [2.45, 2.75) is 6.92 Å². The third-order valence-electron chi connectivity index (χ3n) is 2.82. The molecule has 0 aromatic heterocycles. The summed E-state index contributed by atoms with van der Waals surface area (Å²) in [6, 6.07) is 11.0. The van der Waals surface area contributed by atoms with Crippen molar-refractivity contribution in [2.24, 2.45) is 5.10 Å². The SMILES string of the molecule is CCOc1cc(Br)c(/C=N\Nc2ccc(Cl)cc2)cc1OC. The summed E-state index contributed by atoms with van der Waals surface area (Å²) in [6.45, 7) is 2.51. The van der Waals surface area contributed by atoms with Crippen LogP contribution in [0.25, 0.3) is 0 Å². The van der Waals surface area contributed by atoms with Crippen molar-refractivity contribution in [3.8, 4) is 11.5 Å². The lowest BCUT2D eigenvalue weighted by atomic mass is 10.2. The normalized spacial score (nSPS) is 10.7. The van der Waals surface area contributed by atoms with Gasteiger partial charge < -0.3 is 9.47 Å². The summed E-state index contributed by atoms with van der Waals surface area (Å²) in [4.78, 5) is 0. The molecular formula is C16H16BrClN2O2. The van der Waals surface area contributed by atoms with Crippen LogP contribution in [0.4, 0.5) is 5.69 Å². The van der Waals surface area contributed by atoms with Crippen LogP contribution in [-0.4, -0.2) is 19.9 Å². The first-order valence-electron chi connectivity index (χ1n) is 6.69. The van der Waals surface area contributed by atoms with Gasteiger partial charge in [0.25, 0.3) is 0 Å². The van der Waals surface area contributed by atoms with E-state index in [4.69, 9.17) is 21.1 Å². The molecule has 0 aliphatic heterocycles. The van der Waals surface area contributed by atoms with E-state index < -0.39 is 0 Å². The minimum absolute atomic E-state index is 0.578. The molecule has 0 atom stereocenters. The van der Waals surface area contributed by atoms with Crippen molar-refractivity contribution in [3.63, 3.8) is 0 Å². The molecule has 0 bridgehead atoms. The molecule has 0 fully saturated rings. The number of hydrogen-bond acceptors (Lipinski definition) is 4. The minimum atomic E-state index is 0.578. The molecule has 0 radical (unpaired) electrons. The van der Waals surface area contributed by atoms with Crippen LogP contribution in [0.2, 0.25) is 5.02 Å². The second kappa shape index (κ2) is 8.06. The molecule has 6 heteroatoms. The maximum atomic E-state index is 5.84. The first-order chi connectivity index (χ1) is 10.6. The number of hydrogen-bond donors (Lipinski definition) is 1. The van der Waals surface area contributed by atoms with E-state index in [9.17, 15) is 0 Å². The summed E-state index contributed by atoms with van der Waals surface area (Å²) in [7, 11) is 1.61. The molecule has 0 heterocycles. The molecule has 116 valence electrons. The average molecular weight is 384 g/mol. The molecule has 0 spiro atoms. The first-order valence-corrected chi connectivity index (χ1v) is 7.86. The van der Waals surface area contributed by atoms with Gasteiger partial charge in [0, 0.05) is 15.1 Å². The fourth-order valence-electron chi connectivity index (χ4n) is 1.78. The molecule has 4 nitrogen and oxygen atoms in total. The Bertz CT molecular complexity index is 660. The smallest absolute Gasteiger partial charge is 0.162 e. The highest BCUT2D eigenvalue weighted by molar-refractivity contribution is 9.10. The van der Waals surface area contributed by atoms with Crippen LogP contribution in [0.5, 0.6) is 11.5 Å². The Balaban J connectivity index is 2.14. The maximum Gasteiger partial charge on any atom is 0.162 e. The van der Waals surface area contributed by atoms with E-state index in [-0.39, 0.29) is 0 Å². The highest BCUT2D eigenvalue weighted by Crippen LogP contribution is 2.32. The van der Waals surface area contributed by atoms with E-state index in [1.807, 2.05) is 31.2 Å².